The van der Waals surface area contributed by atoms with Crippen molar-refractivity contribution in [2.24, 2.45) is 5.92 Å². The zero-order valence-corrected chi connectivity index (χ0v) is 19.1. The smallest absolute Gasteiger partial charge is 0.231 e. The number of benzene rings is 2. The second kappa shape index (κ2) is 10.8. The van der Waals surface area contributed by atoms with Crippen LogP contribution in [0.1, 0.15) is 36.8 Å². The van der Waals surface area contributed by atoms with Crippen LogP contribution in [-0.2, 0) is 22.7 Å². The molecule has 0 bridgehead atoms. The van der Waals surface area contributed by atoms with Gasteiger partial charge in [0, 0.05) is 56.7 Å². The van der Waals surface area contributed by atoms with Crippen LogP contribution in [0.3, 0.4) is 0 Å². The molecule has 7 nitrogen and oxygen atoms in total. The molecule has 0 saturated carbocycles. The topological polar surface area (TPSA) is 79.9 Å². The molecular weight excluding hydrogens is 444 g/mol. The maximum absolute atomic E-state index is 13.4. The average Bonchev–Trinajstić information content (AvgIpc) is 3.30. The Labute approximate surface area is 197 Å². The van der Waals surface area contributed by atoms with Gasteiger partial charge in [-0.25, -0.2) is 8.78 Å². The van der Waals surface area contributed by atoms with E-state index in [1.807, 2.05) is 18.2 Å². The molecule has 0 radical (unpaired) electrons. The number of fused-ring (bicyclic) bond motifs is 1. The van der Waals surface area contributed by atoms with Crippen LogP contribution in [0.2, 0.25) is 0 Å². The van der Waals surface area contributed by atoms with Crippen molar-refractivity contribution < 1.29 is 27.8 Å². The van der Waals surface area contributed by atoms with Crippen molar-refractivity contribution in [3.63, 3.8) is 0 Å². The Kier molecular flexibility index (Phi) is 7.62. The molecule has 2 N–H and O–H groups in total. The van der Waals surface area contributed by atoms with E-state index in [-0.39, 0.29) is 37.6 Å². The minimum absolute atomic E-state index is 0.00536. The van der Waals surface area contributed by atoms with E-state index < -0.39 is 17.6 Å². The number of hydrogen-bond acceptors (Lipinski definition) is 5. The Hall–Kier alpha value is -3.20. The van der Waals surface area contributed by atoms with E-state index in [1.165, 1.54) is 12.1 Å². The summed E-state index contributed by atoms with van der Waals surface area (Å²) >= 11 is 0. The van der Waals surface area contributed by atoms with Gasteiger partial charge < -0.3 is 25.0 Å². The third kappa shape index (κ3) is 6.02. The van der Waals surface area contributed by atoms with Crippen LogP contribution in [0.4, 0.5) is 8.78 Å². The van der Waals surface area contributed by atoms with Crippen LogP contribution >= 0.6 is 0 Å². The largest absolute Gasteiger partial charge is 0.454 e. The Morgan fingerprint density at radius 1 is 1.12 bits per heavy atom. The molecule has 0 aromatic heterocycles. The standard InChI is InChI=1S/C25H29F2N3O4/c1-30-14-21(28-13-18-5-3-7-22-24(18)34-15-33-22)6-2-4-17(10-23(30)31)25(32)29-12-16-8-19(26)11-20(27)9-16/h3,5,7-9,11,17,21,28H,2,4,6,10,12-15H2,1H3,(H,29,32)/t17-,21-/m1/s1. The number of carbonyl (C=O) groups excluding carboxylic acids is 2. The number of carbonyl (C=O) groups is 2. The van der Waals surface area contributed by atoms with Crippen molar-refractivity contribution in [1.82, 2.24) is 15.5 Å². The summed E-state index contributed by atoms with van der Waals surface area (Å²) in [6, 6.07) is 8.98. The van der Waals surface area contributed by atoms with E-state index in [1.54, 1.807) is 11.9 Å². The molecule has 4 rings (SSSR count). The van der Waals surface area contributed by atoms with Gasteiger partial charge >= 0.3 is 0 Å². The molecule has 2 aliphatic heterocycles. The van der Waals surface area contributed by atoms with Gasteiger partial charge in [-0.05, 0) is 36.6 Å². The molecule has 2 aromatic rings. The van der Waals surface area contributed by atoms with Crippen LogP contribution in [0.15, 0.2) is 36.4 Å². The lowest BCUT2D eigenvalue weighted by molar-refractivity contribution is -0.135. The molecule has 2 aliphatic rings. The molecular formula is C25H29F2N3O4. The van der Waals surface area contributed by atoms with Gasteiger partial charge in [-0.1, -0.05) is 18.6 Å². The third-order valence-electron chi connectivity index (χ3n) is 6.27. The van der Waals surface area contributed by atoms with Gasteiger partial charge in [-0.15, -0.1) is 0 Å². The number of rotatable bonds is 6. The van der Waals surface area contributed by atoms with E-state index in [2.05, 4.69) is 10.6 Å². The summed E-state index contributed by atoms with van der Waals surface area (Å²) in [5, 5.41) is 6.24. The molecule has 34 heavy (non-hydrogen) atoms. The first-order valence-electron chi connectivity index (χ1n) is 11.5. The summed E-state index contributed by atoms with van der Waals surface area (Å²) in [6.45, 7) is 1.32. The molecule has 1 saturated heterocycles. The van der Waals surface area contributed by atoms with E-state index in [0.717, 1.165) is 36.0 Å². The van der Waals surface area contributed by atoms with Gasteiger partial charge in [0.2, 0.25) is 18.6 Å². The summed E-state index contributed by atoms with van der Waals surface area (Å²) in [4.78, 5) is 27.2. The molecule has 0 spiro atoms. The van der Waals surface area contributed by atoms with Crippen LogP contribution in [0.25, 0.3) is 0 Å². The summed E-state index contributed by atoms with van der Waals surface area (Å²) < 4.78 is 37.8. The number of likely N-dealkylation sites (N-methyl/N-ethyl adjacent to an activating group) is 1. The van der Waals surface area contributed by atoms with Crippen LogP contribution < -0.4 is 20.1 Å². The van der Waals surface area contributed by atoms with Crippen molar-refractivity contribution in [1.29, 1.82) is 0 Å². The fourth-order valence-corrected chi connectivity index (χ4v) is 4.42. The lowest BCUT2D eigenvalue weighted by Crippen LogP contribution is -2.41. The number of nitrogens with zero attached hydrogens (tertiary/aromatic N) is 1. The van der Waals surface area contributed by atoms with Gasteiger partial charge in [0.1, 0.15) is 11.6 Å². The van der Waals surface area contributed by atoms with Crippen molar-refractivity contribution in [3.8, 4) is 11.5 Å². The van der Waals surface area contributed by atoms with Crippen LogP contribution in [0.5, 0.6) is 11.5 Å². The Balaban J connectivity index is 1.33. The average molecular weight is 474 g/mol. The first-order valence-corrected chi connectivity index (χ1v) is 11.5. The van der Waals surface area contributed by atoms with Gasteiger partial charge in [-0.3, -0.25) is 9.59 Å². The number of halogens is 2. The predicted octanol–water partition coefficient (Wildman–Crippen LogP) is 3.12. The lowest BCUT2D eigenvalue weighted by atomic mass is 9.96. The molecule has 2 amide bonds. The maximum atomic E-state index is 13.4. The molecule has 2 aromatic carbocycles. The molecule has 182 valence electrons. The summed E-state index contributed by atoms with van der Waals surface area (Å²) in [5.41, 5.74) is 1.33. The Morgan fingerprint density at radius 2 is 1.91 bits per heavy atom. The Bertz CT molecular complexity index is 1030. The first-order chi connectivity index (χ1) is 16.4. The summed E-state index contributed by atoms with van der Waals surface area (Å²) in [7, 11) is 1.74. The minimum Gasteiger partial charge on any atom is -0.454 e. The fourth-order valence-electron chi connectivity index (χ4n) is 4.42. The van der Waals surface area contributed by atoms with Crippen LogP contribution in [-0.4, -0.2) is 43.1 Å². The van der Waals surface area contributed by atoms with E-state index in [9.17, 15) is 18.4 Å². The monoisotopic (exact) mass is 473 g/mol. The minimum atomic E-state index is -0.693. The number of para-hydroxylation sites is 1. The molecule has 9 heteroatoms. The summed E-state index contributed by atoms with van der Waals surface area (Å²) in [5.74, 6) is -0.788. The van der Waals surface area contributed by atoms with E-state index in [0.29, 0.717) is 25.1 Å². The normalized spacial score (nSPS) is 20.4. The van der Waals surface area contributed by atoms with Gasteiger partial charge in [0.25, 0.3) is 0 Å². The van der Waals surface area contributed by atoms with E-state index >= 15 is 0 Å². The van der Waals surface area contributed by atoms with Crippen molar-refractivity contribution in [2.45, 2.75) is 44.8 Å². The maximum Gasteiger partial charge on any atom is 0.231 e. The molecule has 2 atom stereocenters. The first kappa shape index (κ1) is 23.9. The second-order valence-electron chi connectivity index (χ2n) is 8.83. The molecule has 1 fully saturated rings. The number of ether oxygens (including phenoxy) is 2. The zero-order valence-electron chi connectivity index (χ0n) is 19.1. The molecule has 0 unspecified atom stereocenters. The van der Waals surface area contributed by atoms with Gasteiger partial charge in [0.05, 0.1) is 0 Å². The summed E-state index contributed by atoms with van der Waals surface area (Å²) in [6.07, 6.45) is 2.21. The van der Waals surface area contributed by atoms with E-state index in [4.69, 9.17) is 9.47 Å². The predicted molar refractivity (Wildman–Crippen MR) is 121 cm³/mol. The highest BCUT2D eigenvalue weighted by Gasteiger charge is 2.27. The molecule has 2 heterocycles. The highest BCUT2D eigenvalue weighted by molar-refractivity contribution is 5.85. The number of amides is 2. The zero-order chi connectivity index (χ0) is 24.1. The van der Waals surface area contributed by atoms with Crippen molar-refractivity contribution in [3.05, 3.63) is 59.2 Å². The van der Waals surface area contributed by atoms with Crippen molar-refractivity contribution >= 4 is 11.8 Å². The lowest BCUT2D eigenvalue weighted by Gasteiger charge is -2.24. The highest BCUT2D eigenvalue weighted by atomic mass is 19.1. The quantitative estimate of drug-likeness (QED) is 0.674. The fraction of sp³-hybridized carbons (Fsp3) is 0.440. The SMILES string of the molecule is CN1C[C@H](NCc2cccc3c2OCO3)CCC[C@@H](C(=O)NCc2cc(F)cc(F)c2)CC1=O. The second-order valence-corrected chi connectivity index (χ2v) is 8.83. The van der Waals surface area contributed by atoms with Crippen molar-refractivity contribution in [2.75, 3.05) is 20.4 Å². The van der Waals surface area contributed by atoms with Gasteiger partial charge in [0.15, 0.2) is 11.5 Å². The Morgan fingerprint density at radius 3 is 2.71 bits per heavy atom. The van der Waals surface area contributed by atoms with Gasteiger partial charge in [-0.2, -0.15) is 0 Å². The van der Waals surface area contributed by atoms with Crippen LogP contribution in [0, 0.1) is 17.6 Å². The number of hydrogen-bond donors (Lipinski definition) is 2. The number of nitrogens with one attached hydrogen (secondary N) is 2. The highest BCUT2D eigenvalue weighted by Crippen LogP contribution is 2.35. The third-order valence-corrected chi connectivity index (χ3v) is 6.27. The molecule has 0 aliphatic carbocycles.